The van der Waals surface area contributed by atoms with E-state index in [1.807, 2.05) is 0 Å². The molecule has 1 saturated carbocycles. The van der Waals surface area contributed by atoms with Crippen LogP contribution in [0.2, 0.25) is 18.6 Å². The first kappa shape index (κ1) is 20.2. The molecule has 4 aromatic rings. The van der Waals surface area contributed by atoms with Crippen molar-refractivity contribution in [2.45, 2.75) is 44.8 Å². The molecule has 1 aliphatic rings. The van der Waals surface area contributed by atoms with E-state index in [1.54, 1.807) is 5.19 Å². The molecule has 31 heavy (non-hydrogen) atoms. The predicted octanol–water partition coefficient (Wildman–Crippen LogP) is 6.78. The fraction of sp³-hybridized carbons (Fsp3) is 0.276. The SMILES string of the molecule is Cc1ccc(-c2ccccc2)cc1-c1c2ccc([Si](C)(C)C3CCC3)cc2cc[n+]1C. The standard InChI is InChI=1S/C29H32NSi/c1-21-13-14-23(22-9-6-5-7-10-22)20-28(21)29-27-16-15-26(19-24(27)17-18-30(29)2)31(3,4)25-11-8-12-25/h5-7,9-10,13-20,25H,8,11-12H2,1-4H3/q+1. The van der Waals surface area contributed by atoms with Gasteiger partial charge < -0.3 is 0 Å². The van der Waals surface area contributed by atoms with Gasteiger partial charge in [0.05, 0.1) is 19.0 Å². The smallest absolute Gasteiger partial charge is 0.200 e. The van der Waals surface area contributed by atoms with E-state index in [9.17, 15) is 0 Å². The third-order valence-electron chi connectivity index (χ3n) is 7.61. The molecule has 3 aromatic carbocycles. The van der Waals surface area contributed by atoms with Crippen molar-refractivity contribution in [2.24, 2.45) is 7.05 Å². The summed E-state index contributed by atoms with van der Waals surface area (Å²) in [6, 6.07) is 27.2. The van der Waals surface area contributed by atoms with Crippen LogP contribution in [0.25, 0.3) is 33.2 Å². The zero-order valence-electron chi connectivity index (χ0n) is 19.2. The molecular weight excluding hydrogens is 390 g/mol. The normalized spacial score (nSPS) is 14.6. The summed E-state index contributed by atoms with van der Waals surface area (Å²) in [7, 11) is 0.777. The highest BCUT2D eigenvalue weighted by molar-refractivity contribution is 6.91. The number of hydrogen-bond donors (Lipinski definition) is 0. The molecule has 156 valence electrons. The fourth-order valence-electron chi connectivity index (χ4n) is 5.16. The van der Waals surface area contributed by atoms with Gasteiger partial charge in [-0.25, -0.2) is 4.57 Å². The summed E-state index contributed by atoms with van der Waals surface area (Å²) >= 11 is 0. The Bertz CT molecular complexity index is 1250. The van der Waals surface area contributed by atoms with Crippen LogP contribution >= 0.6 is 0 Å². The van der Waals surface area contributed by atoms with Crippen LogP contribution in [0.5, 0.6) is 0 Å². The van der Waals surface area contributed by atoms with Gasteiger partial charge in [-0.1, -0.05) is 92.1 Å². The van der Waals surface area contributed by atoms with E-state index < -0.39 is 8.07 Å². The zero-order valence-corrected chi connectivity index (χ0v) is 20.2. The van der Waals surface area contributed by atoms with Crippen molar-refractivity contribution in [3.8, 4) is 22.4 Å². The quantitative estimate of drug-likeness (QED) is 0.252. The van der Waals surface area contributed by atoms with Gasteiger partial charge >= 0.3 is 0 Å². The van der Waals surface area contributed by atoms with E-state index in [4.69, 9.17) is 0 Å². The summed E-state index contributed by atoms with van der Waals surface area (Å²) < 4.78 is 2.29. The van der Waals surface area contributed by atoms with E-state index in [0.29, 0.717) is 0 Å². The lowest BCUT2D eigenvalue weighted by molar-refractivity contribution is -0.659. The highest BCUT2D eigenvalue weighted by Crippen LogP contribution is 2.41. The molecule has 1 nitrogen and oxygen atoms in total. The molecular formula is C29H32NSi+. The number of nitrogens with zero attached hydrogens (tertiary/aromatic N) is 1. The summed E-state index contributed by atoms with van der Waals surface area (Å²) in [5.41, 5.74) is 7.43. The molecule has 2 heteroatoms. The number of fused-ring (bicyclic) bond motifs is 1. The van der Waals surface area contributed by atoms with Crippen LogP contribution in [0.3, 0.4) is 0 Å². The maximum Gasteiger partial charge on any atom is 0.220 e. The van der Waals surface area contributed by atoms with Gasteiger partial charge in [-0.2, -0.15) is 0 Å². The topological polar surface area (TPSA) is 3.88 Å². The molecule has 0 amide bonds. The first-order valence-corrected chi connectivity index (χ1v) is 14.6. The lowest BCUT2D eigenvalue weighted by atomic mass is 9.95. The molecule has 5 rings (SSSR count). The molecule has 0 radical (unpaired) electrons. The van der Waals surface area contributed by atoms with Crippen molar-refractivity contribution in [2.75, 3.05) is 0 Å². The molecule has 0 spiro atoms. The van der Waals surface area contributed by atoms with Gasteiger partial charge in [0.25, 0.3) is 0 Å². The minimum Gasteiger partial charge on any atom is -0.200 e. The van der Waals surface area contributed by atoms with Gasteiger partial charge in [-0.15, -0.1) is 0 Å². The Kier molecular flexibility index (Phi) is 5.06. The number of rotatable bonds is 4. The summed E-state index contributed by atoms with van der Waals surface area (Å²) in [6.07, 6.45) is 6.51. The summed E-state index contributed by atoms with van der Waals surface area (Å²) in [4.78, 5) is 0. The van der Waals surface area contributed by atoms with Gasteiger partial charge in [0, 0.05) is 6.07 Å². The third kappa shape index (κ3) is 3.53. The number of benzene rings is 3. The van der Waals surface area contributed by atoms with Crippen LogP contribution in [0.4, 0.5) is 0 Å². The van der Waals surface area contributed by atoms with Crippen LogP contribution in [0.1, 0.15) is 24.8 Å². The second-order valence-corrected chi connectivity index (χ2v) is 14.7. The second-order valence-electron chi connectivity index (χ2n) is 9.82. The molecule has 0 unspecified atom stereocenters. The molecule has 0 saturated heterocycles. The van der Waals surface area contributed by atoms with Crippen LogP contribution in [-0.4, -0.2) is 8.07 Å². The molecule has 0 bridgehead atoms. The van der Waals surface area contributed by atoms with E-state index >= 15 is 0 Å². The Morgan fingerprint density at radius 1 is 0.839 bits per heavy atom. The lowest BCUT2D eigenvalue weighted by Gasteiger charge is -2.39. The average Bonchev–Trinajstić information content (AvgIpc) is 2.73. The Morgan fingerprint density at radius 3 is 2.32 bits per heavy atom. The first-order chi connectivity index (χ1) is 14.9. The van der Waals surface area contributed by atoms with Gasteiger partial charge in [0.15, 0.2) is 6.20 Å². The number of aromatic nitrogens is 1. The molecule has 1 fully saturated rings. The van der Waals surface area contributed by atoms with Crippen molar-refractivity contribution in [3.05, 3.63) is 84.6 Å². The molecule has 1 aromatic heterocycles. The minimum absolute atomic E-state index is 0.953. The van der Waals surface area contributed by atoms with Crippen molar-refractivity contribution in [1.29, 1.82) is 0 Å². The maximum atomic E-state index is 2.56. The average molecular weight is 423 g/mol. The Hall–Kier alpha value is -2.71. The second kappa shape index (κ2) is 7.76. The fourth-order valence-corrected chi connectivity index (χ4v) is 8.53. The van der Waals surface area contributed by atoms with Crippen molar-refractivity contribution in [3.63, 3.8) is 0 Å². The zero-order chi connectivity index (χ0) is 21.6. The van der Waals surface area contributed by atoms with E-state index in [-0.39, 0.29) is 0 Å². The molecule has 0 aliphatic heterocycles. The lowest BCUT2D eigenvalue weighted by Crippen LogP contribution is -2.48. The molecule has 0 N–H and O–H groups in total. The highest BCUT2D eigenvalue weighted by atomic mass is 28.3. The molecule has 1 aliphatic carbocycles. The predicted molar refractivity (Wildman–Crippen MR) is 135 cm³/mol. The highest BCUT2D eigenvalue weighted by Gasteiger charge is 2.37. The van der Waals surface area contributed by atoms with E-state index in [2.05, 4.69) is 111 Å². The van der Waals surface area contributed by atoms with Gasteiger partial charge in [-0.05, 0) is 46.7 Å². The molecule has 1 heterocycles. The third-order valence-corrected chi connectivity index (χ3v) is 12.0. The van der Waals surface area contributed by atoms with Crippen molar-refractivity contribution < 1.29 is 4.57 Å². The van der Waals surface area contributed by atoms with Crippen LogP contribution in [-0.2, 0) is 7.05 Å². The van der Waals surface area contributed by atoms with Gasteiger partial charge in [0.1, 0.15) is 7.05 Å². The monoisotopic (exact) mass is 422 g/mol. The minimum atomic E-state index is -1.39. The van der Waals surface area contributed by atoms with E-state index in [0.717, 1.165) is 5.54 Å². The number of pyridine rings is 1. The Morgan fingerprint density at radius 2 is 1.61 bits per heavy atom. The van der Waals surface area contributed by atoms with Crippen LogP contribution in [0.15, 0.2) is 79.0 Å². The van der Waals surface area contributed by atoms with Crippen LogP contribution in [0, 0.1) is 6.92 Å². The van der Waals surface area contributed by atoms with Crippen molar-refractivity contribution in [1.82, 2.24) is 0 Å². The molecule has 0 atom stereocenters. The Labute approximate surface area is 187 Å². The summed E-state index contributed by atoms with van der Waals surface area (Å²) in [6.45, 7) is 7.36. The summed E-state index contributed by atoms with van der Waals surface area (Å²) in [5.74, 6) is 0. The number of aryl methyl sites for hydroxylation is 2. The van der Waals surface area contributed by atoms with E-state index in [1.165, 1.54) is 58.0 Å². The van der Waals surface area contributed by atoms with Crippen molar-refractivity contribution >= 4 is 24.0 Å². The number of hydrogen-bond acceptors (Lipinski definition) is 0. The first-order valence-electron chi connectivity index (χ1n) is 11.5. The van der Waals surface area contributed by atoms with Gasteiger partial charge in [0.2, 0.25) is 5.69 Å². The van der Waals surface area contributed by atoms with Crippen LogP contribution < -0.4 is 9.75 Å². The maximum absolute atomic E-state index is 2.56. The summed E-state index contributed by atoms with van der Waals surface area (Å²) in [5, 5.41) is 4.33. The Balaban J connectivity index is 1.66. The largest absolute Gasteiger partial charge is 0.220 e. The van der Waals surface area contributed by atoms with Gasteiger partial charge in [-0.3, -0.25) is 0 Å².